The molecule has 0 aromatic heterocycles. The van der Waals surface area contributed by atoms with Crippen molar-refractivity contribution in [1.29, 1.82) is 0 Å². The van der Waals surface area contributed by atoms with Gasteiger partial charge in [-0.1, -0.05) is 60.3 Å². The number of hydrogen-bond acceptors (Lipinski definition) is 2. The Hall–Kier alpha value is -0.570. The van der Waals surface area contributed by atoms with Gasteiger partial charge in [-0.2, -0.15) is 0 Å². The van der Waals surface area contributed by atoms with Crippen LogP contribution in [0.3, 0.4) is 0 Å². The van der Waals surface area contributed by atoms with E-state index in [1.807, 2.05) is 0 Å². The van der Waals surface area contributed by atoms with Crippen LogP contribution in [0.15, 0.2) is 0 Å². The number of rotatable bonds is 13. The van der Waals surface area contributed by atoms with Crippen LogP contribution in [-0.4, -0.2) is 25.0 Å². The Morgan fingerprint density at radius 1 is 0.905 bits per heavy atom. The molecule has 0 aliphatic heterocycles. The van der Waals surface area contributed by atoms with Gasteiger partial charge in [0.2, 0.25) is 5.91 Å². The number of unbranched alkanes of at least 4 members (excludes halogenated alkanes) is 4. The summed E-state index contributed by atoms with van der Waals surface area (Å²) < 4.78 is 0. The van der Waals surface area contributed by atoms with E-state index in [0.717, 1.165) is 25.9 Å². The van der Waals surface area contributed by atoms with Crippen LogP contribution < -0.4 is 10.6 Å². The van der Waals surface area contributed by atoms with E-state index in [0.29, 0.717) is 12.0 Å². The summed E-state index contributed by atoms with van der Waals surface area (Å²) in [5.74, 6) is 0.901. The molecule has 0 saturated heterocycles. The topological polar surface area (TPSA) is 41.1 Å². The minimum absolute atomic E-state index is 0.194. The van der Waals surface area contributed by atoms with E-state index < -0.39 is 0 Å². The maximum atomic E-state index is 12.2. The molecule has 1 amide bonds. The molecule has 3 nitrogen and oxygen atoms in total. The molecule has 0 rings (SSSR count). The van der Waals surface area contributed by atoms with Crippen LogP contribution in [0.2, 0.25) is 0 Å². The largest absolute Gasteiger partial charge is 0.356 e. The Balaban J connectivity index is 3.73. The highest BCUT2D eigenvalue weighted by Crippen LogP contribution is 2.19. The van der Waals surface area contributed by atoms with Crippen LogP contribution >= 0.6 is 0 Å². The van der Waals surface area contributed by atoms with Crippen molar-refractivity contribution in [3.63, 3.8) is 0 Å². The molecule has 2 N–H and O–H groups in total. The molecule has 0 aliphatic rings. The van der Waals surface area contributed by atoms with Crippen molar-refractivity contribution < 1.29 is 4.79 Å². The molecule has 0 fully saturated rings. The summed E-state index contributed by atoms with van der Waals surface area (Å²) in [6, 6.07) is 0.569. The normalized spacial score (nSPS) is 12.9. The zero-order chi connectivity index (χ0) is 16.1. The maximum Gasteiger partial charge on any atom is 0.223 e. The summed E-state index contributed by atoms with van der Waals surface area (Å²) in [7, 11) is 0. The molecule has 0 heterocycles. The Kier molecular flexibility index (Phi) is 12.8. The third-order valence-electron chi connectivity index (χ3n) is 3.97. The quantitative estimate of drug-likeness (QED) is 0.502. The van der Waals surface area contributed by atoms with Crippen LogP contribution in [0.25, 0.3) is 0 Å². The molecule has 126 valence electrons. The van der Waals surface area contributed by atoms with Crippen LogP contribution in [0, 0.1) is 11.8 Å². The van der Waals surface area contributed by atoms with Crippen molar-refractivity contribution >= 4 is 5.91 Å². The van der Waals surface area contributed by atoms with Crippen molar-refractivity contribution in [2.75, 3.05) is 13.1 Å². The fourth-order valence-corrected chi connectivity index (χ4v) is 2.54. The summed E-state index contributed by atoms with van der Waals surface area (Å²) in [5.41, 5.74) is 0. The van der Waals surface area contributed by atoms with E-state index >= 15 is 0 Å². The lowest BCUT2D eigenvalue weighted by Crippen LogP contribution is -2.34. The van der Waals surface area contributed by atoms with Crippen LogP contribution in [-0.2, 0) is 4.79 Å². The van der Waals surface area contributed by atoms with E-state index in [1.54, 1.807) is 0 Å². The van der Waals surface area contributed by atoms with Gasteiger partial charge in [-0.15, -0.1) is 0 Å². The highest BCUT2D eigenvalue weighted by molar-refractivity contribution is 5.78. The molecule has 0 aromatic carbocycles. The van der Waals surface area contributed by atoms with Crippen LogP contribution in [0.1, 0.15) is 79.6 Å². The van der Waals surface area contributed by atoms with E-state index in [-0.39, 0.29) is 11.8 Å². The highest BCUT2D eigenvalue weighted by atomic mass is 16.1. The number of carbonyl (C=O) groups excluding carboxylic acids is 1. The molecule has 3 heteroatoms. The molecule has 0 unspecified atom stereocenters. The standard InChI is InChI=1S/C18H38N2O/c1-6-7-9-12-17(15(2)3)18(21)20-14-11-8-10-13-19-16(4)5/h15-17,19H,6-14H2,1-5H3,(H,20,21)/t17-/m0/s1. The Bertz CT molecular complexity index is 252. The lowest BCUT2D eigenvalue weighted by Gasteiger charge is -2.20. The minimum Gasteiger partial charge on any atom is -0.356 e. The molecule has 0 saturated carbocycles. The first-order chi connectivity index (χ1) is 9.99. The fourth-order valence-electron chi connectivity index (χ4n) is 2.54. The monoisotopic (exact) mass is 298 g/mol. The van der Waals surface area contributed by atoms with Gasteiger partial charge >= 0.3 is 0 Å². The Morgan fingerprint density at radius 2 is 1.57 bits per heavy atom. The van der Waals surface area contributed by atoms with Crippen molar-refractivity contribution in [1.82, 2.24) is 10.6 Å². The van der Waals surface area contributed by atoms with E-state index in [9.17, 15) is 4.79 Å². The van der Waals surface area contributed by atoms with Gasteiger partial charge in [-0.05, 0) is 31.7 Å². The first kappa shape index (κ1) is 20.4. The second kappa shape index (κ2) is 13.1. The predicted octanol–water partition coefficient (Wildman–Crippen LogP) is 4.12. The third kappa shape index (κ3) is 11.7. The number of hydrogen-bond donors (Lipinski definition) is 2. The van der Waals surface area contributed by atoms with Crippen LogP contribution in [0.5, 0.6) is 0 Å². The maximum absolute atomic E-state index is 12.2. The second-order valence-electron chi connectivity index (χ2n) is 6.81. The van der Waals surface area contributed by atoms with Gasteiger partial charge in [0.05, 0.1) is 0 Å². The summed E-state index contributed by atoms with van der Waals surface area (Å²) in [6.45, 7) is 12.8. The first-order valence-electron chi connectivity index (χ1n) is 9.00. The van der Waals surface area contributed by atoms with Gasteiger partial charge in [0, 0.05) is 18.5 Å². The molecule has 21 heavy (non-hydrogen) atoms. The van der Waals surface area contributed by atoms with Crippen molar-refractivity contribution in [2.24, 2.45) is 11.8 Å². The Labute approximate surface area is 132 Å². The van der Waals surface area contributed by atoms with E-state index in [2.05, 4.69) is 45.3 Å². The number of carbonyl (C=O) groups is 1. The van der Waals surface area contributed by atoms with Gasteiger partial charge in [-0.25, -0.2) is 0 Å². The molecule has 0 aliphatic carbocycles. The molecular weight excluding hydrogens is 260 g/mol. The molecular formula is C18H38N2O. The number of nitrogens with one attached hydrogen (secondary N) is 2. The summed E-state index contributed by atoms with van der Waals surface area (Å²) >= 11 is 0. The predicted molar refractivity (Wildman–Crippen MR) is 92.5 cm³/mol. The van der Waals surface area contributed by atoms with Crippen molar-refractivity contribution in [3.8, 4) is 0 Å². The van der Waals surface area contributed by atoms with Gasteiger partial charge in [0.1, 0.15) is 0 Å². The van der Waals surface area contributed by atoms with Crippen LogP contribution in [0.4, 0.5) is 0 Å². The number of amides is 1. The van der Waals surface area contributed by atoms with Gasteiger partial charge < -0.3 is 10.6 Å². The average molecular weight is 299 g/mol. The SMILES string of the molecule is CCCCC[C@H](C(=O)NCCCCCNC(C)C)C(C)C. The fraction of sp³-hybridized carbons (Fsp3) is 0.944. The Morgan fingerprint density at radius 3 is 2.14 bits per heavy atom. The molecule has 0 spiro atoms. The summed E-state index contributed by atoms with van der Waals surface area (Å²) in [4.78, 5) is 12.2. The first-order valence-corrected chi connectivity index (χ1v) is 9.00. The smallest absolute Gasteiger partial charge is 0.223 e. The third-order valence-corrected chi connectivity index (χ3v) is 3.97. The minimum atomic E-state index is 0.194. The van der Waals surface area contributed by atoms with E-state index in [4.69, 9.17) is 0 Å². The zero-order valence-electron chi connectivity index (χ0n) is 15.0. The second-order valence-corrected chi connectivity index (χ2v) is 6.81. The summed E-state index contributed by atoms with van der Waals surface area (Å²) in [6.07, 6.45) is 8.13. The molecule has 0 bridgehead atoms. The lowest BCUT2D eigenvalue weighted by atomic mass is 9.89. The average Bonchev–Trinajstić information content (AvgIpc) is 2.41. The lowest BCUT2D eigenvalue weighted by molar-refractivity contribution is -0.126. The zero-order valence-corrected chi connectivity index (χ0v) is 15.0. The van der Waals surface area contributed by atoms with Gasteiger partial charge in [0.25, 0.3) is 0 Å². The molecule has 0 radical (unpaired) electrons. The molecule has 0 aromatic rings. The summed E-state index contributed by atoms with van der Waals surface area (Å²) in [5, 5.41) is 6.55. The highest BCUT2D eigenvalue weighted by Gasteiger charge is 2.20. The van der Waals surface area contributed by atoms with Gasteiger partial charge in [0.15, 0.2) is 0 Å². The van der Waals surface area contributed by atoms with Crippen molar-refractivity contribution in [3.05, 3.63) is 0 Å². The van der Waals surface area contributed by atoms with E-state index in [1.165, 1.54) is 32.1 Å². The van der Waals surface area contributed by atoms with Crippen molar-refractivity contribution in [2.45, 2.75) is 85.6 Å². The van der Waals surface area contributed by atoms with Gasteiger partial charge in [-0.3, -0.25) is 4.79 Å². The molecule has 1 atom stereocenters.